The van der Waals surface area contributed by atoms with Crippen molar-refractivity contribution in [1.29, 1.82) is 0 Å². The second-order valence-electron chi connectivity index (χ2n) is 3.27. The Morgan fingerprint density at radius 3 is 2.80 bits per heavy atom. The lowest BCUT2D eigenvalue weighted by Gasteiger charge is -2.12. The van der Waals surface area contributed by atoms with E-state index in [1.807, 2.05) is 13.1 Å². The van der Waals surface area contributed by atoms with Crippen molar-refractivity contribution < 1.29 is 0 Å². The first kappa shape index (κ1) is 11.1. The standard InChI is InChI=1S/C11H12ClNS2/c1-13-9(7-8-3-2-6-14-8)10-4-5-11(12)15-10/h2-6,9,13H,7H2,1H3. The minimum atomic E-state index is 0.376. The number of hydrogen-bond acceptors (Lipinski definition) is 3. The van der Waals surface area contributed by atoms with E-state index in [2.05, 4.69) is 28.9 Å². The number of thiophene rings is 2. The average Bonchev–Trinajstić information content (AvgIpc) is 2.85. The molecule has 0 amide bonds. The van der Waals surface area contributed by atoms with Crippen LogP contribution in [0.25, 0.3) is 0 Å². The molecule has 80 valence electrons. The van der Waals surface area contributed by atoms with Gasteiger partial charge < -0.3 is 5.32 Å². The van der Waals surface area contributed by atoms with Gasteiger partial charge in [-0.15, -0.1) is 22.7 Å². The molecule has 0 bridgehead atoms. The largest absolute Gasteiger partial charge is 0.312 e. The highest BCUT2D eigenvalue weighted by atomic mass is 35.5. The van der Waals surface area contributed by atoms with Crippen molar-refractivity contribution in [3.05, 3.63) is 43.7 Å². The third-order valence-corrected chi connectivity index (χ3v) is 4.51. The van der Waals surface area contributed by atoms with Crippen molar-refractivity contribution in [3.63, 3.8) is 0 Å². The van der Waals surface area contributed by atoms with Crippen LogP contribution in [0.15, 0.2) is 29.6 Å². The first-order chi connectivity index (χ1) is 7.29. The monoisotopic (exact) mass is 257 g/mol. The molecule has 0 radical (unpaired) electrons. The lowest BCUT2D eigenvalue weighted by atomic mass is 10.1. The molecule has 15 heavy (non-hydrogen) atoms. The predicted octanol–water partition coefficient (Wildman–Crippen LogP) is 3.97. The van der Waals surface area contributed by atoms with E-state index in [4.69, 9.17) is 11.6 Å². The summed E-state index contributed by atoms with van der Waals surface area (Å²) >= 11 is 9.39. The Hall–Kier alpha value is -0.350. The molecule has 0 aliphatic heterocycles. The van der Waals surface area contributed by atoms with E-state index in [0.29, 0.717) is 6.04 Å². The van der Waals surface area contributed by atoms with Gasteiger partial charge >= 0.3 is 0 Å². The zero-order valence-corrected chi connectivity index (χ0v) is 10.8. The van der Waals surface area contributed by atoms with Gasteiger partial charge in [0.1, 0.15) is 0 Å². The molecule has 0 aliphatic rings. The Kier molecular flexibility index (Phi) is 3.81. The normalized spacial score (nSPS) is 12.9. The molecular formula is C11H12ClNS2. The second-order valence-corrected chi connectivity index (χ2v) is 6.05. The fraction of sp³-hybridized carbons (Fsp3) is 0.273. The van der Waals surface area contributed by atoms with Gasteiger partial charge in [0.2, 0.25) is 0 Å². The number of hydrogen-bond donors (Lipinski definition) is 1. The Morgan fingerprint density at radius 1 is 1.40 bits per heavy atom. The van der Waals surface area contributed by atoms with Crippen LogP contribution in [0.3, 0.4) is 0 Å². The van der Waals surface area contributed by atoms with Crippen LogP contribution in [0.2, 0.25) is 4.34 Å². The van der Waals surface area contributed by atoms with Crippen molar-refractivity contribution in [3.8, 4) is 0 Å². The van der Waals surface area contributed by atoms with E-state index in [1.54, 1.807) is 22.7 Å². The molecule has 0 aromatic carbocycles. The molecule has 0 spiro atoms. The van der Waals surface area contributed by atoms with Gasteiger partial charge in [0, 0.05) is 22.2 Å². The Bertz CT molecular complexity index is 408. The van der Waals surface area contributed by atoms with E-state index >= 15 is 0 Å². The Labute approximate surface area is 103 Å². The maximum Gasteiger partial charge on any atom is 0.0931 e. The van der Waals surface area contributed by atoms with E-state index in [0.717, 1.165) is 10.8 Å². The summed E-state index contributed by atoms with van der Waals surface area (Å²) in [5, 5.41) is 5.44. The molecule has 2 aromatic heterocycles. The predicted molar refractivity (Wildman–Crippen MR) is 69.2 cm³/mol. The van der Waals surface area contributed by atoms with E-state index < -0.39 is 0 Å². The highest BCUT2D eigenvalue weighted by molar-refractivity contribution is 7.16. The van der Waals surface area contributed by atoms with Gasteiger partial charge in [-0.1, -0.05) is 17.7 Å². The van der Waals surface area contributed by atoms with Gasteiger partial charge in [-0.3, -0.25) is 0 Å². The van der Waals surface area contributed by atoms with Crippen molar-refractivity contribution in [2.24, 2.45) is 0 Å². The van der Waals surface area contributed by atoms with Gasteiger partial charge in [0.15, 0.2) is 0 Å². The summed E-state index contributed by atoms with van der Waals surface area (Å²) in [6.07, 6.45) is 1.03. The van der Waals surface area contributed by atoms with Crippen molar-refractivity contribution in [2.45, 2.75) is 12.5 Å². The Balaban J connectivity index is 2.11. The number of halogens is 1. The van der Waals surface area contributed by atoms with Crippen LogP contribution in [-0.2, 0) is 6.42 Å². The minimum absolute atomic E-state index is 0.376. The molecular weight excluding hydrogens is 246 g/mol. The molecule has 2 heterocycles. The van der Waals surface area contributed by atoms with Crippen molar-refractivity contribution in [2.75, 3.05) is 7.05 Å². The molecule has 4 heteroatoms. The van der Waals surface area contributed by atoms with Gasteiger partial charge in [-0.2, -0.15) is 0 Å². The van der Waals surface area contributed by atoms with Crippen molar-refractivity contribution in [1.82, 2.24) is 5.32 Å². The molecule has 0 aliphatic carbocycles. The summed E-state index contributed by atoms with van der Waals surface area (Å²) < 4.78 is 0.858. The molecule has 1 N–H and O–H groups in total. The summed E-state index contributed by atoms with van der Waals surface area (Å²) in [5.41, 5.74) is 0. The van der Waals surface area contributed by atoms with Gasteiger partial charge in [0.05, 0.1) is 4.34 Å². The van der Waals surface area contributed by atoms with E-state index in [-0.39, 0.29) is 0 Å². The SMILES string of the molecule is CNC(Cc1cccs1)c1ccc(Cl)s1. The summed E-state index contributed by atoms with van der Waals surface area (Å²) in [4.78, 5) is 2.70. The minimum Gasteiger partial charge on any atom is -0.312 e. The van der Waals surface area contributed by atoms with Crippen molar-refractivity contribution >= 4 is 34.3 Å². The molecule has 0 fully saturated rings. The van der Waals surface area contributed by atoms with Crippen LogP contribution in [-0.4, -0.2) is 7.05 Å². The number of likely N-dealkylation sites (N-methyl/N-ethyl adjacent to an activating group) is 1. The van der Waals surface area contributed by atoms with Crippen LogP contribution in [0.1, 0.15) is 15.8 Å². The van der Waals surface area contributed by atoms with Crippen LogP contribution in [0.5, 0.6) is 0 Å². The molecule has 1 atom stereocenters. The summed E-state index contributed by atoms with van der Waals surface area (Å²) in [5.74, 6) is 0. The summed E-state index contributed by atoms with van der Waals surface area (Å²) in [7, 11) is 1.99. The lowest BCUT2D eigenvalue weighted by molar-refractivity contribution is 0.607. The maximum atomic E-state index is 5.94. The number of rotatable bonds is 4. The van der Waals surface area contributed by atoms with Gasteiger partial charge in [-0.25, -0.2) is 0 Å². The molecule has 2 aromatic rings. The van der Waals surface area contributed by atoms with E-state index in [1.165, 1.54) is 9.75 Å². The van der Waals surface area contributed by atoms with Crippen LogP contribution in [0, 0.1) is 0 Å². The molecule has 2 rings (SSSR count). The molecule has 0 saturated carbocycles. The summed E-state index contributed by atoms with van der Waals surface area (Å²) in [6, 6.07) is 8.70. The first-order valence-corrected chi connectivity index (χ1v) is 6.82. The fourth-order valence-corrected chi connectivity index (χ4v) is 3.41. The molecule has 1 nitrogen and oxygen atoms in total. The molecule has 0 saturated heterocycles. The number of nitrogens with one attached hydrogen (secondary N) is 1. The smallest absolute Gasteiger partial charge is 0.0931 e. The van der Waals surface area contributed by atoms with E-state index in [9.17, 15) is 0 Å². The maximum absolute atomic E-state index is 5.94. The van der Waals surface area contributed by atoms with Crippen LogP contribution < -0.4 is 5.32 Å². The molecule has 1 unspecified atom stereocenters. The first-order valence-electron chi connectivity index (χ1n) is 4.74. The quantitative estimate of drug-likeness (QED) is 0.874. The fourth-order valence-electron chi connectivity index (χ4n) is 1.49. The highest BCUT2D eigenvalue weighted by Crippen LogP contribution is 2.29. The third kappa shape index (κ3) is 2.82. The van der Waals surface area contributed by atoms with Crippen LogP contribution >= 0.6 is 34.3 Å². The Morgan fingerprint density at radius 2 is 2.27 bits per heavy atom. The van der Waals surface area contributed by atoms with Gasteiger partial charge in [-0.05, 0) is 30.6 Å². The zero-order chi connectivity index (χ0) is 10.7. The third-order valence-electron chi connectivity index (χ3n) is 2.27. The summed E-state index contributed by atoms with van der Waals surface area (Å²) in [6.45, 7) is 0. The average molecular weight is 258 g/mol. The topological polar surface area (TPSA) is 12.0 Å². The highest BCUT2D eigenvalue weighted by Gasteiger charge is 2.12. The zero-order valence-electron chi connectivity index (χ0n) is 8.37. The lowest BCUT2D eigenvalue weighted by Crippen LogP contribution is -2.17. The second kappa shape index (κ2) is 5.12. The van der Waals surface area contributed by atoms with Gasteiger partial charge in [0.25, 0.3) is 0 Å². The van der Waals surface area contributed by atoms with Crippen LogP contribution in [0.4, 0.5) is 0 Å².